The average Bonchev–Trinajstić information content (AvgIpc) is 3.10. The molecule has 0 atom stereocenters. The van der Waals surface area contributed by atoms with E-state index in [2.05, 4.69) is 11.5 Å². The van der Waals surface area contributed by atoms with Crippen molar-refractivity contribution in [3.63, 3.8) is 0 Å². The summed E-state index contributed by atoms with van der Waals surface area (Å²) < 4.78 is 8.28. The summed E-state index contributed by atoms with van der Waals surface area (Å²) in [4.78, 5) is 12.7. The molecule has 1 heterocycles. The minimum Gasteiger partial charge on any atom is -0.457 e. The molecule has 2 N–H and O–H groups in total. The van der Waals surface area contributed by atoms with Crippen molar-refractivity contribution in [2.75, 3.05) is 0 Å². The zero-order chi connectivity index (χ0) is 24.1. The Hall–Kier alpha value is -3.50. The smallest absolute Gasteiger partial charge is 0.251 e. The summed E-state index contributed by atoms with van der Waals surface area (Å²) in [6.07, 6.45) is 2.89. The molecular formula is C29H29ClN2O2. The van der Waals surface area contributed by atoms with Crippen LogP contribution in [0.2, 0.25) is 5.02 Å². The van der Waals surface area contributed by atoms with Crippen LogP contribution >= 0.6 is 11.6 Å². The maximum Gasteiger partial charge on any atom is 0.251 e. The molecule has 4 nitrogen and oxygen atoms in total. The second-order valence-electron chi connectivity index (χ2n) is 8.41. The minimum absolute atomic E-state index is 0.426. The number of hydrogen-bond acceptors (Lipinski definition) is 2. The van der Waals surface area contributed by atoms with Crippen LogP contribution in [0.25, 0.3) is 11.1 Å². The number of amides is 1. The molecule has 174 valence electrons. The zero-order valence-corrected chi connectivity index (χ0v) is 20.3. The fraction of sp³-hybridized carbons (Fsp3) is 0.207. The van der Waals surface area contributed by atoms with Crippen LogP contribution in [-0.2, 0) is 13.0 Å². The van der Waals surface area contributed by atoms with Gasteiger partial charge in [-0.25, -0.2) is 0 Å². The highest BCUT2D eigenvalue weighted by atomic mass is 35.5. The molecule has 0 unspecified atom stereocenters. The number of carbonyl (C=O) groups excluding carboxylic acids is 1. The van der Waals surface area contributed by atoms with Gasteiger partial charge >= 0.3 is 0 Å². The van der Waals surface area contributed by atoms with Crippen molar-refractivity contribution < 1.29 is 9.53 Å². The quantitative estimate of drug-likeness (QED) is 0.276. The third-order valence-corrected chi connectivity index (χ3v) is 6.21. The standard InChI is InChI=1S/C29H29ClN2O2/c1-3-4-16-26-28(22-11-9-15-25(18-22)34-24-13-6-5-7-14-24)27(29(31)33)20(2)32(26)19-21-10-8-12-23(30)17-21/h5-15,17-18H,3-4,16,19H2,1-2H3,(H2,31,33). The van der Waals surface area contributed by atoms with Crippen molar-refractivity contribution in [3.05, 3.63) is 106 Å². The number of primary amides is 1. The van der Waals surface area contributed by atoms with E-state index in [1.54, 1.807) is 0 Å². The molecule has 0 fully saturated rings. The highest BCUT2D eigenvalue weighted by Crippen LogP contribution is 2.36. The number of nitrogens with zero attached hydrogens (tertiary/aromatic N) is 1. The van der Waals surface area contributed by atoms with E-state index in [1.807, 2.05) is 85.8 Å². The molecular weight excluding hydrogens is 444 g/mol. The number of ether oxygens (including phenoxy) is 1. The van der Waals surface area contributed by atoms with E-state index in [0.717, 1.165) is 53.1 Å². The summed E-state index contributed by atoms with van der Waals surface area (Å²) >= 11 is 6.24. The number of nitrogens with two attached hydrogens (primary N) is 1. The van der Waals surface area contributed by atoms with Crippen LogP contribution in [0.4, 0.5) is 0 Å². The molecule has 0 spiro atoms. The lowest BCUT2D eigenvalue weighted by molar-refractivity contribution is 0.1000. The molecule has 34 heavy (non-hydrogen) atoms. The van der Waals surface area contributed by atoms with Crippen molar-refractivity contribution in [1.82, 2.24) is 4.57 Å². The van der Waals surface area contributed by atoms with Gasteiger partial charge in [0.25, 0.3) is 5.91 Å². The van der Waals surface area contributed by atoms with E-state index in [4.69, 9.17) is 22.1 Å². The van der Waals surface area contributed by atoms with Gasteiger partial charge in [0, 0.05) is 28.5 Å². The first-order valence-electron chi connectivity index (χ1n) is 11.6. The molecule has 0 aliphatic rings. The topological polar surface area (TPSA) is 57.2 Å². The first-order valence-corrected chi connectivity index (χ1v) is 11.9. The van der Waals surface area contributed by atoms with Gasteiger partial charge in [-0.15, -0.1) is 0 Å². The number of aromatic nitrogens is 1. The summed E-state index contributed by atoms with van der Waals surface area (Å²) in [5.41, 5.74) is 11.3. The van der Waals surface area contributed by atoms with Gasteiger partial charge in [0.1, 0.15) is 11.5 Å². The number of benzene rings is 3. The Kier molecular flexibility index (Phi) is 7.39. The number of rotatable bonds is 9. The maximum absolute atomic E-state index is 12.7. The third-order valence-electron chi connectivity index (χ3n) is 5.98. The van der Waals surface area contributed by atoms with E-state index >= 15 is 0 Å². The van der Waals surface area contributed by atoms with Crippen LogP contribution in [0.15, 0.2) is 78.9 Å². The highest BCUT2D eigenvalue weighted by Gasteiger charge is 2.25. The molecule has 0 aliphatic carbocycles. The fourth-order valence-electron chi connectivity index (χ4n) is 4.39. The van der Waals surface area contributed by atoms with E-state index in [1.165, 1.54) is 0 Å². The second-order valence-corrected chi connectivity index (χ2v) is 8.85. The SMILES string of the molecule is CCCCc1c(-c2cccc(Oc3ccccc3)c2)c(C(N)=O)c(C)n1Cc1cccc(Cl)c1. The molecule has 0 bridgehead atoms. The monoisotopic (exact) mass is 472 g/mol. The van der Waals surface area contributed by atoms with Gasteiger partial charge < -0.3 is 15.0 Å². The average molecular weight is 473 g/mol. The minimum atomic E-state index is -0.426. The molecule has 1 amide bonds. The molecule has 0 saturated carbocycles. The Bertz CT molecular complexity index is 1290. The van der Waals surface area contributed by atoms with E-state index in [9.17, 15) is 4.79 Å². The Balaban J connectivity index is 1.84. The zero-order valence-electron chi connectivity index (χ0n) is 19.6. The third kappa shape index (κ3) is 5.18. The molecule has 3 aromatic carbocycles. The van der Waals surface area contributed by atoms with Crippen molar-refractivity contribution in [3.8, 4) is 22.6 Å². The lowest BCUT2D eigenvalue weighted by Gasteiger charge is -2.14. The maximum atomic E-state index is 12.7. The number of para-hydroxylation sites is 1. The summed E-state index contributed by atoms with van der Waals surface area (Å²) in [5, 5.41) is 0.693. The van der Waals surface area contributed by atoms with Crippen molar-refractivity contribution >= 4 is 17.5 Å². The summed E-state index contributed by atoms with van der Waals surface area (Å²) in [5.74, 6) is 1.04. The van der Waals surface area contributed by atoms with E-state index in [-0.39, 0.29) is 0 Å². The van der Waals surface area contributed by atoms with Gasteiger partial charge in [-0.1, -0.05) is 67.4 Å². The molecule has 1 aromatic heterocycles. The van der Waals surface area contributed by atoms with Crippen molar-refractivity contribution in [1.29, 1.82) is 0 Å². The van der Waals surface area contributed by atoms with Gasteiger partial charge in [0.15, 0.2) is 0 Å². The van der Waals surface area contributed by atoms with Gasteiger partial charge in [0.05, 0.1) is 5.56 Å². The lowest BCUT2D eigenvalue weighted by atomic mass is 9.97. The lowest BCUT2D eigenvalue weighted by Crippen LogP contribution is -2.13. The Labute approximate surface area is 205 Å². The Morgan fingerprint density at radius 2 is 1.71 bits per heavy atom. The molecule has 4 aromatic rings. The normalized spacial score (nSPS) is 10.9. The number of hydrogen-bond donors (Lipinski definition) is 1. The summed E-state index contributed by atoms with van der Waals surface area (Å²) in [6.45, 7) is 4.75. The van der Waals surface area contributed by atoms with E-state index in [0.29, 0.717) is 22.9 Å². The predicted octanol–water partition coefficient (Wildman–Crippen LogP) is 7.40. The second kappa shape index (κ2) is 10.6. The van der Waals surface area contributed by atoms with Crippen molar-refractivity contribution in [2.45, 2.75) is 39.7 Å². The van der Waals surface area contributed by atoms with Crippen LogP contribution in [0.1, 0.15) is 47.1 Å². The van der Waals surface area contributed by atoms with Gasteiger partial charge in [-0.05, 0) is 67.3 Å². The number of halogens is 1. The molecule has 0 radical (unpaired) electrons. The first-order chi connectivity index (χ1) is 16.5. The molecule has 0 saturated heterocycles. The Morgan fingerprint density at radius 3 is 2.41 bits per heavy atom. The predicted molar refractivity (Wildman–Crippen MR) is 139 cm³/mol. The van der Waals surface area contributed by atoms with Crippen LogP contribution in [0.5, 0.6) is 11.5 Å². The number of carbonyl (C=O) groups is 1. The Morgan fingerprint density at radius 1 is 0.971 bits per heavy atom. The van der Waals surface area contributed by atoms with Crippen LogP contribution in [-0.4, -0.2) is 10.5 Å². The molecule has 5 heteroatoms. The van der Waals surface area contributed by atoms with Crippen LogP contribution in [0.3, 0.4) is 0 Å². The fourth-order valence-corrected chi connectivity index (χ4v) is 4.60. The van der Waals surface area contributed by atoms with Crippen LogP contribution in [0, 0.1) is 6.92 Å². The van der Waals surface area contributed by atoms with Gasteiger partial charge in [-0.3, -0.25) is 4.79 Å². The summed E-state index contributed by atoms with van der Waals surface area (Å²) in [6, 6.07) is 25.3. The van der Waals surface area contributed by atoms with E-state index < -0.39 is 5.91 Å². The van der Waals surface area contributed by atoms with Gasteiger partial charge in [0.2, 0.25) is 0 Å². The van der Waals surface area contributed by atoms with Gasteiger partial charge in [-0.2, -0.15) is 0 Å². The summed E-state index contributed by atoms with van der Waals surface area (Å²) in [7, 11) is 0. The van der Waals surface area contributed by atoms with Crippen LogP contribution < -0.4 is 10.5 Å². The van der Waals surface area contributed by atoms with Crippen molar-refractivity contribution in [2.24, 2.45) is 5.73 Å². The molecule has 4 rings (SSSR count). The number of unbranched alkanes of at least 4 members (excludes halogenated alkanes) is 1. The largest absolute Gasteiger partial charge is 0.457 e. The molecule has 0 aliphatic heterocycles. The highest BCUT2D eigenvalue weighted by molar-refractivity contribution is 6.30. The first kappa shape index (κ1) is 23.7.